The van der Waals surface area contributed by atoms with Crippen molar-refractivity contribution in [3.63, 3.8) is 0 Å². The quantitative estimate of drug-likeness (QED) is 0.403. The second-order valence-corrected chi connectivity index (χ2v) is 7.79. The number of benzene rings is 1. The predicted octanol–water partition coefficient (Wildman–Crippen LogP) is 3.36. The zero-order valence-corrected chi connectivity index (χ0v) is 19.3. The van der Waals surface area contributed by atoms with Crippen LogP contribution >= 0.6 is 0 Å². The number of hydrogen-bond acceptors (Lipinski definition) is 7. The SMILES string of the molecule is CCCOc1ccc(C(=O)CCC(=O)N2CCN(c3ccc(C(=O)OCC)cn3)CC2)cc1. The first kappa shape index (κ1) is 24.2. The summed E-state index contributed by atoms with van der Waals surface area (Å²) in [5.41, 5.74) is 1.01. The number of amides is 1. The van der Waals surface area contributed by atoms with Gasteiger partial charge in [0.15, 0.2) is 5.78 Å². The van der Waals surface area contributed by atoms with Crippen molar-refractivity contribution in [2.24, 2.45) is 0 Å². The molecule has 0 aliphatic carbocycles. The summed E-state index contributed by atoms with van der Waals surface area (Å²) in [6, 6.07) is 10.6. The molecular weight excluding hydrogens is 422 g/mol. The van der Waals surface area contributed by atoms with Crippen molar-refractivity contribution in [2.75, 3.05) is 44.3 Å². The summed E-state index contributed by atoms with van der Waals surface area (Å²) in [5.74, 6) is 1.05. The molecule has 1 aromatic heterocycles. The number of hydrogen-bond donors (Lipinski definition) is 0. The molecule has 1 amide bonds. The topological polar surface area (TPSA) is 89.0 Å². The Morgan fingerprint density at radius 3 is 2.21 bits per heavy atom. The minimum atomic E-state index is -0.387. The van der Waals surface area contributed by atoms with Crippen LogP contribution in [0.4, 0.5) is 5.82 Å². The molecule has 0 atom stereocenters. The first-order valence-electron chi connectivity index (χ1n) is 11.4. The number of pyridine rings is 1. The Hall–Kier alpha value is -3.42. The molecule has 0 unspecified atom stereocenters. The van der Waals surface area contributed by atoms with Crippen LogP contribution in [0.2, 0.25) is 0 Å². The fraction of sp³-hybridized carbons (Fsp3) is 0.440. The fourth-order valence-corrected chi connectivity index (χ4v) is 3.57. The zero-order chi connectivity index (χ0) is 23.6. The highest BCUT2D eigenvalue weighted by Crippen LogP contribution is 2.17. The molecule has 8 nitrogen and oxygen atoms in total. The number of carbonyl (C=O) groups is 3. The van der Waals surface area contributed by atoms with Crippen LogP contribution in [0.1, 0.15) is 53.8 Å². The van der Waals surface area contributed by atoms with Gasteiger partial charge in [0.05, 0.1) is 18.8 Å². The lowest BCUT2D eigenvalue weighted by molar-refractivity contribution is -0.131. The largest absolute Gasteiger partial charge is 0.494 e. The van der Waals surface area contributed by atoms with Crippen LogP contribution in [-0.2, 0) is 9.53 Å². The molecule has 176 valence electrons. The van der Waals surface area contributed by atoms with Crippen LogP contribution in [-0.4, -0.2) is 66.9 Å². The molecule has 2 aromatic rings. The summed E-state index contributed by atoms with van der Waals surface area (Å²) in [5, 5.41) is 0. The molecule has 1 fully saturated rings. The van der Waals surface area contributed by atoms with Crippen molar-refractivity contribution >= 4 is 23.5 Å². The standard InChI is InChI=1S/C25H31N3O5/c1-3-17-33-21-8-5-19(6-9-21)22(29)10-12-24(30)28-15-13-27(14-16-28)23-11-7-20(18-26-23)25(31)32-4-2/h5-9,11,18H,3-4,10,12-17H2,1-2H3. The number of aromatic nitrogens is 1. The maximum atomic E-state index is 12.6. The van der Waals surface area contributed by atoms with Crippen molar-refractivity contribution in [1.29, 1.82) is 0 Å². The number of nitrogens with zero attached hydrogens (tertiary/aromatic N) is 3. The van der Waals surface area contributed by atoms with Gasteiger partial charge in [-0.1, -0.05) is 6.92 Å². The number of rotatable bonds is 10. The van der Waals surface area contributed by atoms with Gasteiger partial charge in [-0.3, -0.25) is 9.59 Å². The van der Waals surface area contributed by atoms with E-state index in [0.29, 0.717) is 50.5 Å². The summed E-state index contributed by atoms with van der Waals surface area (Å²) in [7, 11) is 0. The number of esters is 1. The van der Waals surface area contributed by atoms with Crippen LogP contribution < -0.4 is 9.64 Å². The summed E-state index contributed by atoms with van der Waals surface area (Å²) in [6.07, 6.45) is 2.82. The van der Waals surface area contributed by atoms with E-state index in [1.807, 2.05) is 6.92 Å². The molecule has 1 aliphatic rings. The Balaban J connectivity index is 1.43. The summed E-state index contributed by atoms with van der Waals surface area (Å²) in [6.45, 7) is 7.19. The Morgan fingerprint density at radius 2 is 1.61 bits per heavy atom. The monoisotopic (exact) mass is 453 g/mol. The third-order valence-electron chi connectivity index (χ3n) is 5.43. The lowest BCUT2D eigenvalue weighted by Crippen LogP contribution is -2.49. The van der Waals surface area contributed by atoms with Gasteiger partial charge >= 0.3 is 5.97 Å². The van der Waals surface area contributed by atoms with Gasteiger partial charge in [0, 0.05) is 50.8 Å². The summed E-state index contributed by atoms with van der Waals surface area (Å²) < 4.78 is 10.5. The summed E-state index contributed by atoms with van der Waals surface area (Å²) >= 11 is 0. The second kappa shape index (κ2) is 12.0. The number of anilines is 1. The van der Waals surface area contributed by atoms with E-state index < -0.39 is 0 Å². The van der Waals surface area contributed by atoms with E-state index in [-0.39, 0.29) is 30.5 Å². The Labute approximate surface area is 194 Å². The molecule has 0 saturated carbocycles. The Bertz CT molecular complexity index is 936. The average Bonchev–Trinajstić information content (AvgIpc) is 2.86. The molecule has 1 aromatic carbocycles. The van der Waals surface area contributed by atoms with Crippen LogP contribution in [0.15, 0.2) is 42.6 Å². The lowest BCUT2D eigenvalue weighted by atomic mass is 10.1. The van der Waals surface area contributed by atoms with Crippen molar-refractivity contribution in [3.8, 4) is 5.75 Å². The lowest BCUT2D eigenvalue weighted by Gasteiger charge is -2.35. The Morgan fingerprint density at radius 1 is 0.909 bits per heavy atom. The smallest absolute Gasteiger partial charge is 0.339 e. The van der Waals surface area contributed by atoms with Gasteiger partial charge in [-0.05, 0) is 49.7 Å². The second-order valence-electron chi connectivity index (χ2n) is 7.79. The van der Waals surface area contributed by atoms with E-state index in [0.717, 1.165) is 18.0 Å². The molecule has 3 rings (SSSR count). The van der Waals surface area contributed by atoms with E-state index in [9.17, 15) is 14.4 Å². The van der Waals surface area contributed by atoms with Gasteiger partial charge in [-0.25, -0.2) is 9.78 Å². The predicted molar refractivity (Wildman–Crippen MR) is 125 cm³/mol. The van der Waals surface area contributed by atoms with Gasteiger partial charge < -0.3 is 19.3 Å². The van der Waals surface area contributed by atoms with Gasteiger partial charge in [-0.15, -0.1) is 0 Å². The summed E-state index contributed by atoms with van der Waals surface area (Å²) in [4.78, 5) is 45.0. The number of Topliss-reactive ketones (excluding diaryl/α,β-unsaturated/α-hetero) is 1. The molecule has 8 heteroatoms. The van der Waals surface area contributed by atoms with Crippen molar-refractivity contribution in [3.05, 3.63) is 53.7 Å². The highest BCUT2D eigenvalue weighted by atomic mass is 16.5. The van der Waals surface area contributed by atoms with Crippen molar-refractivity contribution in [2.45, 2.75) is 33.1 Å². The van der Waals surface area contributed by atoms with E-state index in [1.165, 1.54) is 6.20 Å². The van der Waals surface area contributed by atoms with Crippen LogP contribution in [0, 0.1) is 0 Å². The van der Waals surface area contributed by atoms with Gasteiger partial charge in [0.1, 0.15) is 11.6 Å². The third kappa shape index (κ3) is 6.78. The molecule has 1 saturated heterocycles. The molecule has 0 spiro atoms. The number of piperazine rings is 1. The molecule has 0 radical (unpaired) electrons. The van der Waals surface area contributed by atoms with Gasteiger partial charge in [-0.2, -0.15) is 0 Å². The molecule has 33 heavy (non-hydrogen) atoms. The highest BCUT2D eigenvalue weighted by molar-refractivity contribution is 5.98. The van der Waals surface area contributed by atoms with E-state index in [1.54, 1.807) is 48.2 Å². The third-order valence-corrected chi connectivity index (χ3v) is 5.43. The van der Waals surface area contributed by atoms with E-state index in [4.69, 9.17) is 9.47 Å². The molecule has 0 bridgehead atoms. The van der Waals surface area contributed by atoms with Crippen molar-refractivity contribution < 1.29 is 23.9 Å². The first-order chi connectivity index (χ1) is 16.0. The minimum absolute atomic E-state index is 0.0171. The molecule has 0 N–H and O–H groups in total. The fourth-order valence-electron chi connectivity index (χ4n) is 3.57. The minimum Gasteiger partial charge on any atom is -0.494 e. The first-order valence-corrected chi connectivity index (χ1v) is 11.4. The Kier molecular flexibility index (Phi) is 8.80. The molecule has 2 heterocycles. The average molecular weight is 454 g/mol. The van der Waals surface area contributed by atoms with Crippen molar-refractivity contribution in [1.82, 2.24) is 9.88 Å². The molecule has 1 aliphatic heterocycles. The van der Waals surface area contributed by atoms with Gasteiger partial charge in [0.2, 0.25) is 5.91 Å². The number of ketones is 1. The van der Waals surface area contributed by atoms with Crippen LogP contribution in [0.5, 0.6) is 5.75 Å². The number of carbonyl (C=O) groups excluding carboxylic acids is 3. The highest BCUT2D eigenvalue weighted by Gasteiger charge is 2.22. The number of ether oxygens (including phenoxy) is 2. The maximum absolute atomic E-state index is 12.6. The zero-order valence-electron chi connectivity index (χ0n) is 19.3. The van der Waals surface area contributed by atoms with Crippen LogP contribution in [0.3, 0.4) is 0 Å². The van der Waals surface area contributed by atoms with Crippen LogP contribution in [0.25, 0.3) is 0 Å². The van der Waals surface area contributed by atoms with E-state index >= 15 is 0 Å². The van der Waals surface area contributed by atoms with E-state index in [2.05, 4.69) is 9.88 Å². The molecular formula is C25H31N3O5. The van der Waals surface area contributed by atoms with Gasteiger partial charge in [0.25, 0.3) is 0 Å². The normalized spacial score (nSPS) is 13.5. The maximum Gasteiger partial charge on any atom is 0.339 e.